The molecule has 1 saturated heterocycles. The molecule has 1 amide bonds. The first-order valence-corrected chi connectivity index (χ1v) is 10.3. The zero-order chi connectivity index (χ0) is 20.7. The number of aryl methyl sites for hydroxylation is 1. The normalized spacial score (nSPS) is 16.7. The van der Waals surface area contributed by atoms with Crippen LogP contribution in [-0.2, 0) is 27.9 Å². The average Bonchev–Trinajstić information content (AvgIpc) is 3.37. The van der Waals surface area contributed by atoms with Crippen molar-refractivity contribution < 1.29 is 18.8 Å². The molecular weight excluding hydrogens is 370 g/mol. The molecule has 1 fully saturated rings. The molecule has 7 heteroatoms. The van der Waals surface area contributed by atoms with E-state index in [9.17, 15) is 4.79 Å². The van der Waals surface area contributed by atoms with E-state index in [-0.39, 0.29) is 17.4 Å². The van der Waals surface area contributed by atoms with Crippen molar-refractivity contribution >= 4 is 5.91 Å². The summed E-state index contributed by atoms with van der Waals surface area (Å²) in [7, 11) is 0. The monoisotopic (exact) mass is 401 g/mol. The molecule has 0 saturated carbocycles. The first kappa shape index (κ1) is 21.3. The van der Waals surface area contributed by atoms with Gasteiger partial charge in [-0.1, -0.05) is 38.1 Å². The second-order valence-corrected chi connectivity index (χ2v) is 8.48. The summed E-state index contributed by atoms with van der Waals surface area (Å²) in [5, 5.41) is 6.94. The minimum Gasteiger partial charge on any atom is -0.491 e. The van der Waals surface area contributed by atoms with Crippen LogP contribution in [0.5, 0.6) is 5.75 Å². The van der Waals surface area contributed by atoms with Crippen molar-refractivity contribution in [3.8, 4) is 5.75 Å². The molecule has 158 valence electrons. The first-order chi connectivity index (χ1) is 13.9. The molecule has 0 radical (unpaired) electrons. The van der Waals surface area contributed by atoms with Gasteiger partial charge in [0.15, 0.2) is 5.82 Å². The number of ether oxygens (including phenoxy) is 2. The lowest BCUT2D eigenvalue weighted by Crippen LogP contribution is -2.22. The van der Waals surface area contributed by atoms with Gasteiger partial charge in [-0.05, 0) is 37.0 Å². The third-order valence-corrected chi connectivity index (χ3v) is 4.81. The standard InChI is InChI=1S/C22H31N3O4/c1-22(2,3)21-24-20(29-25-21)8-4-7-19(26)23-14-16-9-11-17(12-10-16)28-15-18-6-5-13-27-18/h9-12,18H,4-8,13-15H2,1-3H3,(H,23,26). The number of rotatable bonds is 9. The van der Waals surface area contributed by atoms with Gasteiger partial charge in [-0.25, -0.2) is 0 Å². The Morgan fingerprint density at radius 1 is 1.28 bits per heavy atom. The average molecular weight is 402 g/mol. The molecule has 2 aromatic rings. The van der Waals surface area contributed by atoms with Crippen LogP contribution >= 0.6 is 0 Å². The number of hydrogen-bond donors (Lipinski definition) is 1. The van der Waals surface area contributed by atoms with Gasteiger partial charge in [0.05, 0.1) is 6.10 Å². The van der Waals surface area contributed by atoms with Gasteiger partial charge in [0.2, 0.25) is 11.8 Å². The van der Waals surface area contributed by atoms with Crippen LogP contribution < -0.4 is 10.1 Å². The molecule has 29 heavy (non-hydrogen) atoms. The number of carbonyl (C=O) groups excluding carboxylic acids is 1. The molecule has 1 N–H and O–H groups in total. The molecular formula is C22H31N3O4. The second-order valence-electron chi connectivity index (χ2n) is 8.48. The molecule has 1 aliphatic heterocycles. The number of amides is 1. The summed E-state index contributed by atoms with van der Waals surface area (Å²) in [4.78, 5) is 16.5. The largest absolute Gasteiger partial charge is 0.491 e. The topological polar surface area (TPSA) is 86.5 Å². The molecule has 1 aromatic carbocycles. The van der Waals surface area contributed by atoms with Crippen LogP contribution in [0.3, 0.4) is 0 Å². The number of aromatic nitrogens is 2. The third-order valence-electron chi connectivity index (χ3n) is 4.81. The van der Waals surface area contributed by atoms with Gasteiger partial charge < -0.3 is 19.3 Å². The molecule has 1 unspecified atom stereocenters. The highest BCUT2D eigenvalue weighted by molar-refractivity contribution is 5.75. The Bertz CT molecular complexity index is 774. The van der Waals surface area contributed by atoms with Crippen molar-refractivity contribution in [2.75, 3.05) is 13.2 Å². The smallest absolute Gasteiger partial charge is 0.226 e. The number of nitrogens with zero attached hydrogens (tertiary/aromatic N) is 2. The summed E-state index contributed by atoms with van der Waals surface area (Å²) in [5.74, 6) is 2.12. The molecule has 0 bridgehead atoms. The van der Waals surface area contributed by atoms with Gasteiger partial charge in [-0.15, -0.1) is 0 Å². The maximum Gasteiger partial charge on any atom is 0.226 e. The number of carbonyl (C=O) groups is 1. The van der Waals surface area contributed by atoms with Gasteiger partial charge in [-0.3, -0.25) is 4.79 Å². The zero-order valence-electron chi connectivity index (χ0n) is 17.6. The molecule has 1 aromatic heterocycles. The van der Waals surface area contributed by atoms with E-state index in [0.717, 1.165) is 30.8 Å². The molecule has 0 aliphatic carbocycles. The van der Waals surface area contributed by atoms with Gasteiger partial charge in [-0.2, -0.15) is 4.98 Å². The van der Waals surface area contributed by atoms with Crippen molar-refractivity contribution in [1.82, 2.24) is 15.5 Å². The van der Waals surface area contributed by atoms with Gasteiger partial charge >= 0.3 is 0 Å². The zero-order valence-corrected chi connectivity index (χ0v) is 17.6. The van der Waals surface area contributed by atoms with E-state index >= 15 is 0 Å². The maximum absolute atomic E-state index is 12.1. The van der Waals surface area contributed by atoms with Crippen LogP contribution in [0.25, 0.3) is 0 Å². The fraction of sp³-hybridized carbons (Fsp3) is 0.591. The van der Waals surface area contributed by atoms with E-state index in [4.69, 9.17) is 14.0 Å². The Morgan fingerprint density at radius 3 is 2.72 bits per heavy atom. The summed E-state index contributed by atoms with van der Waals surface area (Å²) in [5.41, 5.74) is 0.902. The van der Waals surface area contributed by atoms with Crippen LogP contribution in [0.4, 0.5) is 0 Å². The van der Waals surface area contributed by atoms with Crippen molar-refractivity contribution in [1.29, 1.82) is 0 Å². The van der Waals surface area contributed by atoms with Crippen molar-refractivity contribution in [3.63, 3.8) is 0 Å². The van der Waals surface area contributed by atoms with Crippen molar-refractivity contribution in [2.24, 2.45) is 0 Å². The Morgan fingerprint density at radius 2 is 2.07 bits per heavy atom. The number of nitrogens with one attached hydrogen (secondary N) is 1. The second kappa shape index (κ2) is 9.87. The lowest BCUT2D eigenvalue weighted by Gasteiger charge is -2.12. The lowest BCUT2D eigenvalue weighted by molar-refractivity contribution is -0.121. The predicted octanol–water partition coefficient (Wildman–Crippen LogP) is 3.56. The molecule has 2 heterocycles. The molecule has 1 aliphatic rings. The van der Waals surface area contributed by atoms with E-state index in [1.165, 1.54) is 0 Å². The first-order valence-electron chi connectivity index (χ1n) is 10.3. The maximum atomic E-state index is 12.1. The predicted molar refractivity (Wildman–Crippen MR) is 109 cm³/mol. The quantitative estimate of drug-likeness (QED) is 0.691. The summed E-state index contributed by atoms with van der Waals surface area (Å²) in [6.45, 7) is 8.04. The number of benzene rings is 1. The summed E-state index contributed by atoms with van der Waals surface area (Å²) in [6.07, 6.45) is 4.09. The highest BCUT2D eigenvalue weighted by Gasteiger charge is 2.20. The Hall–Kier alpha value is -2.41. The van der Waals surface area contributed by atoms with E-state index in [1.54, 1.807) is 0 Å². The highest BCUT2D eigenvalue weighted by atomic mass is 16.5. The molecule has 1 atom stereocenters. The van der Waals surface area contributed by atoms with Crippen molar-refractivity contribution in [3.05, 3.63) is 41.5 Å². The minimum atomic E-state index is -0.135. The molecule has 7 nitrogen and oxygen atoms in total. The van der Waals surface area contributed by atoms with Crippen LogP contribution in [-0.4, -0.2) is 35.4 Å². The number of hydrogen-bond acceptors (Lipinski definition) is 6. The summed E-state index contributed by atoms with van der Waals surface area (Å²) < 4.78 is 16.6. The molecule has 0 spiro atoms. The van der Waals surface area contributed by atoms with E-state index in [0.29, 0.717) is 44.1 Å². The fourth-order valence-corrected chi connectivity index (χ4v) is 3.02. The third kappa shape index (κ3) is 6.85. The fourth-order valence-electron chi connectivity index (χ4n) is 3.02. The van der Waals surface area contributed by atoms with E-state index in [2.05, 4.69) is 15.5 Å². The van der Waals surface area contributed by atoms with Gasteiger partial charge in [0.1, 0.15) is 12.4 Å². The van der Waals surface area contributed by atoms with Crippen LogP contribution in [0.1, 0.15) is 63.7 Å². The van der Waals surface area contributed by atoms with Crippen molar-refractivity contribution in [2.45, 2.75) is 70.9 Å². The minimum absolute atomic E-state index is 0.0132. The molecule has 3 rings (SSSR count). The SMILES string of the molecule is CC(C)(C)c1noc(CCCC(=O)NCc2ccc(OCC3CCCO3)cc2)n1. The van der Waals surface area contributed by atoms with Crippen LogP contribution in [0.2, 0.25) is 0 Å². The van der Waals surface area contributed by atoms with Gasteiger partial charge in [0.25, 0.3) is 0 Å². The summed E-state index contributed by atoms with van der Waals surface area (Å²) in [6, 6.07) is 7.80. The Kier molecular flexibility index (Phi) is 7.25. The van der Waals surface area contributed by atoms with Gasteiger partial charge in [0, 0.05) is 31.4 Å². The van der Waals surface area contributed by atoms with E-state index in [1.807, 2.05) is 45.0 Å². The van der Waals surface area contributed by atoms with Crippen LogP contribution in [0, 0.1) is 0 Å². The Balaban J connectivity index is 1.33. The lowest BCUT2D eigenvalue weighted by atomic mass is 9.96. The Labute approximate surface area is 172 Å². The van der Waals surface area contributed by atoms with Crippen LogP contribution in [0.15, 0.2) is 28.8 Å². The summed E-state index contributed by atoms with van der Waals surface area (Å²) >= 11 is 0. The highest BCUT2D eigenvalue weighted by Crippen LogP contribution is 2.19. The van der Waals surface area contributed by atoms with E-state index < -0.39 is 0 Å².